The summed E-state index contributed by atoms with van der Waals surface area (Å²) >= 11 is 0.922. The maximum atomic E-state index is 14.2. The number of carbonyl (C=O) groups is 2. The predicted octanol–water partition coefficient (Wildman–Crippen LogP) is 6.07. The van der Waals surface area contributed by atoms with Crippen LogP contribution in [0.1, 0.15) is 24.8 Å². The van der Waals surface area contributed by atoms with Gasteiger partial charge in [0.05, 0.1) is 21.8 Å². The number of aliphatic imine (C=N–C) groups is 1. The molecule has 0 saturated heterocycles. The number of hydrogen-bond acceptors (Lipinski definition) is 7. The Bertz CT molecular complexity index is 1560. The normalized spacial score (nSPS) is 11.5. The molecule has 0 spiro atoms. The van der Waals surface area contributed by atoms with Crippen molar-refractivity contribution in [2.45, 2.75) is 36.6 Å². The van der Waals surface area contributed by atoms with Gasteiger partial charge >= 0.3 is 18.5 Å². The third-order valence-electron chi connectivity index (χ3n) is 6.05. The van der Waals surface area contributed by atoms with E-state index in [1.165, 1.54) is 42.5 Å². The first-order valence-corrected chi connectivity index (χ1v) is 14.8. The minimum Gasteiger partial charge on any atom is -0.457 e. The molecule has 0 radical (unpaired) electrons. The molecule has 3 amide bonds. The lowest BCUT2D eigenvalue weighted by molar-refractivity contribution is -0.150. The third-order valence-corrected chi connectivity index (χ3v) is 7.21. The number of nitrogens with zero attached hydrogens (tertiary/aromatic N) is 2. The van der Waals surface area contributed by atoms with Gasteiger partial charge in [-0.25, -0.2) is 9.69 Å². The number of benzene rings is 3. The van der Waals surface area contributed by atoms with Crippen molar-refractivity contribution in [2.75, 3.05) is 40.1 Å². The number of anilines is 4. The quantitative estimate of drug-likeness (QED) is 0.0238. The van der Waals surface area contributed by atoms with Gasteiger partial charge in [0.2, 0.25) is 5.91 Å². The van der Waals surface area contributed by atoms with E-state index in [-0.39, 0.29) is 76.0 Å². The zero-order valence-corrected chi connectivity index (χ0v) is 25.4. The fraction of sp³-hybridized carbons (Fsp3) is 0.276. The Hall–Kier alpha value is -4.84. The first kappa shape index (κ1) is 36.6. The van der Waals surface area contributed by atoms with Crippen LogP contribution in [-0.4, -0.2) is 43.0 Å². The Kier molecular flexibility index (Phi) is 12.6. The Morgan fingerprint density at radius 2 is 1.62 bits per heavy atom. The van der Waals surface area contributed by atoms with Crippen LogP contribution in [0.5, 0.6) is 11.5 Å². The molecular formula is C29H32F6N8O3S. The second-order valence-corrected chi connectivity index (χ2v) is 10.9. The van der Waals surface area contributed by atoms with Crippen molar-refractivity contribution < 1.29 is 40.7 Å². The number of nitrogens with one attached hydrogen (secondary N) is 2. The number of alkyl halides is 6. The molecule has 254 valence electrons. The third kappa shape index (κ3) is 11.2. The predicted molar refractivity (Wildman–Crippen MR) is 169 cm³/mol. The van der Waals surface area contributed by atoms with Crippen LogP contribution in [0.15, 0.2) is 70.6 Å². The number of halogens is 6. The molecule has 47 heavy (non-hydrogen) atoms. The minimum atomic E-state index is -5.08. The average Bonchev–Trinajstić information content (AvgIpc) is 2.96. The van der Waals surface area contributed by atoms with Gasteiger partial charge in [-0.15, -0.1) is 24.9 Å². The van der Waals surface area contributed by atoms with E-state index in [1.807, 2.05) is 0 Å². The zero-order valence-electron chi connectivity index (χ0n) is 24.6. The Labute approximate surface area is 269 Å². The maximum absolute atomic E-state index is 14.2. The first-order chi connectivity index (χ1) is 22.1. The first-order valence-electron chi connectivity index (χ1n) is 13.8. The van der Waals surface area contributed by atoms with E-state index < -0.39 is 42.1 Å². The molecule has 3 aromatic carbocycles. The molecule has 18 heteroatoms. The van der Waals surface area contributed by atoms with Crippen molar-refractivity contribution in [1.29, 1.82) is 0 Å². The summed E-state index contributed by atoms with van der Waals surface area (Å²) in [7, 11) is 0. The summed E-state index contributed by atoms with van der Waals surface area (Å²) in [5.41, 5.74) is 20.2. The summed E-state index contributed by atoms with van der Waals surface area (Å²) in [4.78, 5) is 29.1. The topological polar surface area (TPSA) is 187 Å². The van der Waals surface area contributed by atoms with Gasteiger partial charge in [0.25, 0.3) is 0 Å². The van der Waals surface area contributed by atoms with Gasteiger partial charge in [0.1, 0.15) is 11.5 Å². The lowest BCUT2D eigenvalue weighted by Crippen LogP contribution is -2.43. The SMILES string of the molecule is NCCSc1c(NC(=O)Nc2ccc(Oc3cc(N)cc(C(F)(F)F)c3)cc2)cccc1N(C(=O)CCCCN=C(N)N)C(F)(F)F. The van der Waals surface area contributed by atoms with E-state index in [1.54, 1.807) is 0 Å². The molecule has 0 bridgehead atoms. The molecule has 3 rings (SSSR count). The number of nitrogen functional groups attached to an aromatic ring is 1. The number of nitrogens with two attached hydrogens (primary N) is 4. The fourth-order valence-corrected chi connectivity index (χ4v) is 5.01. The van der Waals surface area contributed by atoms with Crippen molar-refractivity contribution >= 4 is 52.4 Å². The number of amides is 3. The van der Waals surface area contributed by atoms with Crippen LogP contribution in [0, 0.1) is 0 Å². The number of hydrogen-bond donors (Lipinski definition) is 6. The van der Waals surface area contributed by atoms with E-state index in [2.05, 4.69) is 15.6 Å². The highest BCUT2D eigenvalue weighted by Crippen LogP contribution is 2.41. The molecule has 0 unspecified atom stereocenters. The highest BCUT2D eigenvalue weighted by atomic mass is 32.2. The van der Waals surface area contributed by atoms with E-state index in [0.717, 1.165) is 30.0 Å². The minimum absolute atomic E-state index is 0.0182. The highest BCUT2D eigenvalue weighted by molar-refractivity contribution is 7.99. The number of unbranched alkanes of at least 4 members (excludes halogenated alkanes) is 1. The molecular weight excluding hydrogens is 654 g/mol. The van der Waals surface area contributed by atoms with Crippen molar-refractivity contribution in [1.82, 2.24) is 0 Å². The van der Waals surface area contributed by atoms with Crippen molar-refractivity contribution in [3.05, 3.63) is 66.2 Å². The van der Waals surface area contributed by atoms with Gasteiger partial charge in [-0.3, -0.25) is 9.79 Å². The van der Waals surface area contributed by atoms with Gasteiger partial charge in [0, 0.05) is 42.7 Å². The zero-order chi connectivity index (χ0) is 34.8. The fourth-order valence-electron chi connectivity index (χ4n) is 4.10. The Morgan fingerprint density at radius 3 is 2.23 bits per heavy atom. The molecule has 0 aromatic heterocycles. The van der Waals surface area contributed by atoms with Crippen LogP contribution >= 0.6 is 11.8 Å². The van der Waals surface area contributed by atoms with Gasteiger partial charge in [-0.2, -0.15) is 13.2 Å². The van der Waals surface area contributed by atoms with E-state index in [4.69, 9.17) is 27.7 Å². The lowest BCUT2D eigenvalue weighted by atomic mass is 10.2. The smallest absolute Gasteiger partial charge is 0.457 e. The van der Waals surface area contributed by atoms with Crippen molar-refractivity contribution in [3.8, 4) is 11.5 Å². The molecule has 0 aliphatic carbocycles. The van der Waals surface area contributed by atoms with Gasteiger partial charge < -0.3 is 38.3 Å². The molecule has 10 N–H and O–H groups in total. The highest BCUT2D eigenvalue weighted by Gasteiger charge is 2.43. The summed E-state index contributed by atoms with van der Waals surface area (Å²) in [6.45, 7) is 0.241. The van der Waals surface area contributed by atoms with E-state index in [0.29, 0.717) is 0 Å². The second kappa shape index (κ2) is 16.1. The van der Waals surface area contributed by atoms with Crippen molar-refractivity contribution in [3.63, 3.8) is 0 Å². The summed E-state index contributed by atoms with van der Waals surface area (Å²) in [5.74, 6) is -1.24. The molecule has 0 heterocycles. The number of rotatable bonds is 13. The summed E-state index contributed by atoms with van der Waals surface area (Å²) in [6.07, 6.45) is -9.79. The van der Waals surface area contributed by atoms with Crippen LogP contribution in [0.25, 0.3) is 0 Å². The molecule has 0 atom stereocenters. The van der Waals surface area contributed by atoms with Crippen LogP contribution < -0.4 is 43.2 Å². The number of carbonyl (C=O) groups excluding carboxylic acids is 2. The number of guanidine groups is 1. The van der Waals surface area contributed by atoms with Gasteiger partial charge in [0.15, 0.2) is 5.96 Å². The average molecular weight is 687 g/mol. The number of thioether (sulfide) groups is 1. The molecule has 3 aromatic rings. The van der Waals surface area contributed by atoms with Crippen LogP contribution in [-0.2, 0) is 11.0 Å². The molecule has 0 saturated carbocycles. The van der Waals surface area contributed by atoms with Crippen LogP contribution in [0.3, 0.4) is 0 Å². The number of ether oxygens (including phenoxy) is 1. The molecule has 0 aliphatic rings. The van der Waals surface area contributed by atoms with Gasteiger partial charge in [-0.05, 0) is 61.4 Å². The Balaban J connectivity index is 1.77. The Morgan fingerprint density at radius 1 is 0.915 bits per heavy atom. The summed E-state index contributed by atoms with van der Waals surface area (Å²) in [6, 6.07) is 11.2. The standard InChI is InChI=1S/C29H32F6N8O3S/c30-28(31,32)17-14-18(37)16-21(15-17)46-20-9-7-19(8-10-20)41-27(45)42-22-4-3-5-23(25(22)47-13-11-36)43(29(33,34)35)24(44)6-1-2-12-40-26(38)39/h3-5,7-10,14-16H,1-2,6,11-13,36-37H2,(H4,38,39,40)(H2,41,42,45). The summed E-state index contributed by atoms with van der Waals surface area (Å²) < 4.78 is 87.5. The van der Waals surface area contributed by atoms with Gasteiger partial charge in [-0.1, -0.05) is 6.07 Å². The van der Waals surface area contributed by atoms with Crippen molar-refractivity contribution in [2.24, 2.45) is 22.2 Å². The number of urea groups is 1. The largest absolute Gasteiger partial charge is 0.491 e. The van der Waals surface area contributed by atoms with E-state index in [9.17, 15) is 35.9 Å². The lowest BCUT2D eigenvalue weighted by Gasteiger charge is -2.28. The van der Waals surface area contributed by atoms with Crippen LogP contribution in [0.2, 0.25) is 0 Å². The molecule has 0 fully saturated rings. The maximum Gasteiger partial charge on any atom is 0.491 e. The molecule has 0 aliphatic heterocycles. The second-order valence-electron chi connectivity index (χ2n) is 9.75. The van der Waals surface area contributed by atoms with Crippen LogP contribution in [0.4, 0.5) is 53.9 Å². The van der Waals surface area contributed by atoms with E-state index >= 15 is 0 Å². The monoisotopic (exact) mass is 686 g/mol. The summed E-state index contributed by atoms with van der Waals surface area (Å²) in [5, 5.41) is 5.01. The molecule has 11 nitrogen and oxygen atoms in total.